The monoisotopic (exact) mass is 334 g/mol. The minimum absolute atomic E-state index is 0.124. The van der Waals surface area contributed by atoms with Crippen LogP contribution in [-0.2, 0) is 16.0 Å². The number of nitrogens with zero attached hydrogens (tertiary/aromatic N) is 2. The zero-order valence-electron chi connectivity index (χ0n) is 13.5. The van der Waals surface area contributed by atoms with E-state index in [1.54, 1.807) is 9.47 Å². The fourth-order valence-electron chi connectivity index (χ4n) is 3.98. The summed E-state index contributed by atoms with van der Waals surface area (Å²) in [6, 6.07) is 0.134. The number of hydrogen-bond acceptors (Lipinski definition) is 6. The summed E-state index contributed by atoms with van der Waals surface area (Å²) in [5.74, 6) is -1.17. The van der Waals surface area contributed by atoms with E-state index in [-0.39, 0.29) is 41.3 Å². The lowest BCUT2D eigenvalue weighted by molar-refractivity contribution is -0.132. The van der Waals surface area contributed by atoms with E-state index in [0.717, 1.165) is 19.3 Å². The normalized spacial score (nSPS) is 27.5. The number of esters is 1. The molecule has 1 saturated carbocycles. The van der Waals surface area contributed by atoms with Crippen LogP contribution in [0.15, 0.2) is 11.0 Å². The summed E-state index contributed by atoms with van der Waals surface area (Å²) in [6.45, 7) is 0.356. The minimum Gasteiger partial charge on any atom is -0.491 e. The van der Waals surface area contributed by atoms with Crippen LogP contribution in [0, 0.1) is 0 Å². The van der Waals surface area contributed by atoms with Gasteiger partial charge in [0.05, 0.1) is 26.9 Å². The molecule has 1 amide bonds. The Labute approximate surface area is 137 Å². The van der Waals surface area contributed by atoms with Crippen molar-refractivity contribution in [3.05, 3.63) is 27.7 Å². The second-order valence-electron chi connectivity index (χ2n) is 6.29. The van der Waals surface area contributed by atoms with Crippen LogP contribution in [0.4, 0.5) is 0 Å². The Hall–Kier alpha value is -2.35. The summed E-state index contributed by atoms with van der Waals surface area (Å²) >= 11 is 0. The molecular weight excluding hydrogens is 316 g/mol. The van der Waals surface area contributed by atoms with Gasteiger partial charge in [0.15, 0.2) is 17.7 Å². The number of rotatable bonds is 2. The largest absolute Gasteiger partial charge is 0.491 e. The average molecular weight is 334 g/mol. The number of amides is 1. The van der Waals surface area contributed by atoms with Gasteiger partial charge in [-0.1, -0.05) is 0 Å². The van der Waals surface area contributed by atoms with Crippen molar-refractivity contribution in [1.29, 1.82) is 0 Å². The molecular formula is C16H18N2O6. The van der Waals surface area contributed by atoms with Crippen LogP contribution < -0.4 is 10.2 Å². The number of ether oxygens (including phenoxy) is 3. The molecule has 1 aromatic rings. The van der Waals surface area contributed by atoms with E-state index in [4.69, 9.17) is 9.47 Å². The molecule has 3 aliphatic rings. The first-order chi connectivity index (χ1) is 11.5. The molecule has 24 heavy (non-hydrogen) atoms. The number of carbonyl (C=O) groups excluding carboxylic acids is 2. The van der Waals surface area contributed by atoms with Gasteiger partial charge >= 0.3 is 5.97 Å². The Morgan fingerprint density at radius 3 is 2.79 bits per heavy atom. The molecule has 3 heterocycles. The summed E-state index contributed by atoms with van der Waals surface area (Å²) in [7, 11) is 2.52. The van der Waals surface area contributed by atoms with Crippen molar-refractivity contribution < 1.29 is 23.8 Å². The number of hydrogen-bond donors (Lipinski definition) is 0. The molecule has 1 saturated heterocycles. The molecule has 0 unspecified atom stereocenters. The molecule has 8 heteroatoms. The highest BCUT2D eigenvalue weighted by Gasteiger charge is 2.47. The summed E-state index contributed by atoms with van der Waals surface area (Å²) in [6.07, 6.45) is 3.82. The Kier molecular flexibility index (Phi) is 3.38. The van der Waals surface area contributed by atoms with E-state index in [9.17, 15) is 14.4 Å². The topological polar surface area (TPSA) is 87.1 Å². The van der Waals surface area contributed by atoms with Gasteiger partial charge in [-0.15, -0.1) is 0 Å². The number of pyridine rings is 1. The number of methoxy groups -OCH3 is 2. The number of carbonyl (C=O) groups is 2. The van der Waals surface area contributed by atoms with Gasteiger partial charge in [0.2, 0.25) is 5.43 Å². The van der Waals surface area contributed by atoms with Gasteiger partial charge in [0.25, 0.3) is 5.91 Å². The Bertz CT molecular complexity index is 786. The highest BCUT2D eigenvalue weighted by molar-refractivity contribution is 5.98. The molecule has 1 aliphatic carbocycles. The first-order valence-corrected chi connectivity index (χ1v) is 7.93. The van der Waals surface area contributed by atoms with Gasteiger partial charge in [-0.2, -0.15) is 0 Å². The first-order valence-electron chi connectivity index (χ1n) is 7.93. The van der Waals surface area contributed by atoms with Crippen LogP contribution in [0.1, 0.15) is 40.1 Å². The van der Waals surface area contributed by atoms with Gasteiger partial charge in [0.1, 0.15) is 5.56 Å². The highest BCUT2D eigenvalue weighted by Crippen LogP contribution is 2.38. The molecule has 8 nitrogen and oxygen atoms in total. The SMILES string of the molecule is COC(=O)c1cn2c(c(OC)c1=O)C(=O)N1[C@@H]3CC[C@@H](C3)O[C@H]1C2. The molecule has 2 aliphatic heterocycles. The van der Waals surface area contributed by atoms with Crippen LogP contribution in [-0.4, -0.2) is 53.9 Å². The van der Waals surface area contributed by atoms with Gasteiger partial charge in [-0.3, -0.25) is 9.59 Å². The second kappa shape index (κ2) is 5.34. The molecule has 0 aromatic carbocycles. The van der Waals surface area contributed by atoms with E-state index in [0.29, 0.717) is 6.54 Å². The van der Waals surface area contributed by atoms with E-state index >= 15 is 0 Å². The Balaban J connectivity index is 1.87. The van der Waals surface area contributed by atoms with E-state index in [1.165, 1.54) is 20.4 Å². The molecule has 128 valence electrons. The summed E-state index contributed by atoms with van der Waals surface area (Å²) in [5.41, 5.74) is -0.622. The minimum atomic E-state index is -0.756. The molecule has 0 N–H and O–H groups in total. The third-order valence-electron chi connectivity index (χ3n) is 5.05. The third-order valence-corrected chi connectivity index (χ3v) is 5.05. The predicted octanol–water partition coefficient (Wildman–Crippen LogP) is 0.377. The van der Waals surface area contributed by atoms with E-state index in [2.05, 4.69) is 4.74 Å². The fraction of sp³-hybridized carbons (Fsp3) is 0.562. The molecule has 4 rings (SSSR count). The zero-order valence-corrected chi connectivity index (χ0v) is 13.5. The Morgan fingerprint density at radius 1 is 1.29 bits per heavy atom. The lowest BCUT2D eigenvalue weighted by Gasteiger charge is -2.44. The fourth-order valence-corrected chi connectivity index (χ4v) is 3.98. The second-order valence-corrected chi connectivity index (χ2v) is 6.29. The van der Waals surface area contributed by atoms with Crippen molar-refractivity contribution >= 4 is 11.9 Å². The van der Waals surface area contributed by atoms with Gasteiger partial charge in [-0.05, 0) is 19.3 Å². The predicted molar refractivity (Wildman–Crippen MR) is 81.1 cm³/mol. The standard InChI is InChI=1S/C16H18N2O6/c1-22-14-12-15(20)18-8-3-4-9(5-8)24-11(18)7-17(12)6-10(13(14)19)16(21)23-2/h6,8-9,11H,3-5,7H2,1-2H3/t8-,9+,11+/m1/s1. The lowest BCUT2D eigenvalue weighted by atomic mass is 10.1. The number of aromatic nitrogens is 1. The molecule has 2 fully saturated rings. The third kappa shape index (κ3) is 1.99. The van der Waals surface area contributed by atoms with Gasteiger partial charge in [0, 0.05) is 12.2 Å². The van der Waals surface area contributed by atoms with Crippen LogP contribution >= 0.6 is 0 Å². The molecule has 3 atom stereocenters. The maximum atomic E-state index is 13.0. The first kappa shape index (κ1) is 15.2. The average Bonchev–Trinajstić information content (AvgIpc) is 2.95. The quantitative estimate of drug-likeness (QED) is 0.727. The maximum absolute atomic E-state index is 13.0. The summed E-state index contributed by atoms with van der Waals surface area (Å²) < 4.78 is 17.4. The van der Waals surface area contributed by atoms with Crippen molar-refractivity contribution in [2.75, 3.05) is 14.2 Å². The Morgan fingerprint density at radius 2 is 2.08 bits per heavy atom. The van der Waals surface area contributed by atoms with Gasteiger partial charge in [-0.25, -0.2) is 4.79 Å². The maximum Gasteiger partial charge on any atom is 0.343 e. The van der Waals surface area contributed by atoms with Crippen molar-refractivity contribution in [3.63, 3.8) is 0 Å². The molecule has 0 spiro atoms. The lowest BCUT2D eigenvalue weighted by Crippen LogP contribution is -2.57. The van der Waals surface area contributed by atoms with Crippen LogP contribution in [0.3, 0.4) is 0 Å². The summed E-state index contributed by atoms with van der Waals surface area (Å²) in [5, 5.41) is 0. The van der Waals surface area contributed by atoms with Crippen LogP contribution in [0.25, 0.3) is 0 Å². The van der Waals surface area contributed by atoms with Crippen molar-refractivity contribution in [2.45, 2.75) is 44.2 Å². The molecule has 1 aromatic heterocycles. The zero-order chi connectivity index (χ0) is 17.0. The van der Waals surface area contributed by atoms with Gasteiger partial charge < -0.3 is 23.7 Å². The van der Waals surface area contributed by atoms with Crippen molar-refractivity contribution in [3.8, 4) is 5.75 Å². The number of fused-ring (bicyclic) bond motifs is 5. The van der Waals surface area contributed by atoms with Crippen LogP contribution in [0.5, 0.6) is 5.75 Å². The highest BCUT2D eigenvalue weighted by atomic mass is 16.5. The molecule has 2 bridgehead atoms. The summed E-state index contributed by atoms with van der Waals surface area (Å²) in [4.78, 5) is 39.1. The van der Waals surface area contributed by atoms with Crippen LogP contribution in [0.2, 0.25) is 0 Å². The molecule has 0 radical (unpaired) electrons. The van der Waals surface area contributed by atoms with Crippen molar-refractivity contribution in [2.24, 2.45) is 0 Å². The van der Waals surface area contributed by atoms with E-state index < -0.39 is 11.4 Å². The van der Waals surface area contributed by atoms with E-state index in [1.807, 2.05) is 0 Å². The smallest absolute Gasteiger partial charge is 0.343 e. The van der Waals surface area contributed by atoms with Crippen molar-refractivity contribution in [1.82, 2.24) is 9.47 Å².